The molecule has 1 N–H and O–H groups in total. The number of hydrogen-bond donors (Lipinski definition) is 1. The van der Waals surface area contributed by atoms with Crippen LogP contribution in [0.2, 0.25) is 0 Å². The summed E-state index contributed by atoms with van der Waals surface area (Å²) in [5, 5.41) is 10.1. The molecule has 0 spiro atoms. The predicted octanol–water partition coefficient (Wildman–Crippen LogP) is 2.07. The molecule has 1 aromatic rings. The van der Waals surface area contributed by atoms with Crippen molar-refractivity contribution in [3.63, 3.8) is 0 Å². The van der Waals surface area contributed by atoms with Crippen LogP contribution in [0.25, 0.3) is 0 Å². The highest BCUT2D eigenvalue weighted by atomic mass is 16.5. The lowest BCUT2D eigenvalue weighted by atomic mass is 10.0. The molecule has 0 fully saturated rings. The third-order valence-electron chi connectivity index (χ3n) is 3.06. The standard InChI is InChI=1S/C14H21NO3/c1-5-14(2,17)10-15(3)12-9-7-6-8-11(12)13(16)18-4/h6-9,17H,5,10H2,1-4H3. The lowest BCUT2D eigenvalue weighted by molar-refractivity contribution is 0.0590. The number of aliphatic hydroxyl groups is 1. The number of hydrogen-bond acceptors (Lipinski definition) is 4. The second-order valence-electron chi connectivity index (χ2n) is 4.72. The van der Waals surface area contributed by atoms with Crippen molar-refractivity contribution in [2.45, 2.75) is 25.9 Å². The minimum Gasteiger partial charge on any atom is -0.465 e. The zero-order chi connectivity index (χ0) is 13.8. The topological polar surface area (TPSA) is 49.8 Å². The fourth-order valence-corrected chi connectivity index (χ4v) is 1.80. The summed E-state index contributed by atoms with van der Waals surface area (Å²) in [4.78, 5) is 13.5. The van der Waals surface area contributed by atoms with Crippen LogP contribution < -0.4 is 4.90 Å². The van der Waals surface area contributed by atoms with Crippen molar-refractivity contribution in [2.24, 2.45) is 0 Å². The van der Waals surface area contributed by atoms with Crippen LogP contribution >= 0.6 is 0 Å². The predicted molar refractivity (Wildman–Crippen MR) is 72.0 cm³/mol. The molecule has 0 saturated heterocycles. The van der Waals surface area contributed by atoms with Crippen LogP contribution in [0.4, 0.5) is 5.69 Å². The van der Waals surface area contributed by atoms with Gasteiger partial charge in [-0.3, -0.25) is 0 Å². The largest absolute Gasteiger partial charge is 0.465 e. The molecule has 0 bridgehead atoms. The van der Waals surface area contributed by atoms with Crippen LogP contribution in [0.3, 0.4) is 0 Å². The van der Waals surface area contributed by atoms with Gasteiger partial charge in [0.05, 0.1) is 24.0 Å². The van der Waals surface area contributed by atoms with E-state index in [1.807, 2.05) is 31.0 Å². The van der Waals surface area contributed by atoms with E-state index in [2.05, 4.69) is 0 Å². The maximum atomic E-state index is 11.7. The minimum atomic E-state index is -0.780. The fraction of sp³-hybridized carbons (Fsp3) is 0.500. The highest BCUT2D eigenvalue weighted by Crippen LogP contribution is 2.22. The van der Waals surface area contributed by atoms with E-state index in [0.717, 1.165) is 5.69 Å². The van der Waals surface area contributed by atoms with Crippen molar-refractivity contribution >= 4 is 11.7 Å². The zero-order valence-electron chi connectivity index (χ0n) is 11.4. The SMILES string of the molecule is CCC(C)(O)CN(C)c1ccccc1C(=O)OC. The molecule has 0 aromatic heterocycles. The van der Waals surface area contributed by atoms with E-state index >= 15 is 0 Å². The summed E-state index contributed by atoms with van der Waals surface area (Å²) in [6, 6.07) is 7.22. The first-order valence-electron chi connectivity index (χ1n) is 6.02. The van der Waals surface area contributed by atoms with E-state index in [0.29, 0.717) is 18.5 Å². The summed E-state index contributed by atoms with van der Waals surface area (Å²) in [7, 11) is 3.22. The Morgan fingerprint density at radius 3 is 2.61 bits per heavy atom. The van der Waals surface area contributed by atoms with Gasteiger partial charge >= 0.3 is 5.97 Å². The van der Waals surface area contributed by atoms with Crippen molar-refractivity contribution < 1.29 is 14.6 Å². The average Bonchev–Trinajstić information content (AvgIpc) is 2.37. The Hall–Kier alpha value is -1.55. The molecule has 1 unspecified atom stereocenters. The van der Waals surface area contributed by atoms with Gasteiger partial charge in [-0.05, 0) is 25.5 Å². The van der Waals surface area contributed by atoms with Gasteiger partial charge in [-0.1, -0.05) is 19.1 Å². The monoisotopic (exact) mass is 251 g/mol. The lowest BCUT2D eigenvalue weighted by Gasteiger charge is -2.30. The molecule has 18 heavy (non-hydrogen) atoms. The van der Waals surface area contributed by atoms with Gasteiger partial charge in [0.1, 0.15) is 0 Å². The summed E-state index contributed by atoms with van der Waals surface area (Å²) >= 11 is 0. The second kappa shape index (κ2) is 5.87. The van der Waals surface area contributed by atoms with Gasteiger partial charge in [0.2, 0.25) is 0 Å². The van der Waals surface area contributed by atoms with Crippen molar-refractivity contribution in [2.75, 3.05) is 25.6 Å². The van der Waals surface area contributed by atoms with E-state index in [4.69, 9.17) is 4.74 Å². The van der Waals surface area contributed by atoms with Gasteiger partial charge < -0.3 is 14.7 Å². The highest BCUT2D eigenvalue weighted by molar-refractivity contribution is 5.95. The number of para-hydroxylation sites is 1. The molecule has 4 heteroatoms. The van der Waals surface area contributed by atoms with Crippen LogP contribution in [0.1, 0.15) is 30.6 Å². The maximum Gasteiger partial charge on any atom is 0.339 e. The molecule has 0 amide bonds. The van der Waals surface area contributed by atoms with Crippen LogP contribution in [-0.2, 0) is 4.74 Å². The molecule has 0 aliphatic rings. The van der Waals surface area contributed by atoms with E-state index in [1.165, 1.54) is 7.11 Å². The third-order valence-corrected chi connectivity index (χ3v) is 3.06. The summed E-state index contributed by atoms with van der Waals surface area (Å²) < 4.78 is 4.76. The van der Waals surface area contributed by atoms with E-state index < -0.39 is 5.60 Å². The normalized spacial score (nSPS) is 13.8. The number of esters is 1. The quantitative estimate of drug-likeness (QED) is 0.814. The Bertz CT molecular complexity index is 415. The number of nitrogens with zero attached hydrogens (tertiary/aromatic N) is 1. The Balaban J connectivity index is 2.99. The van der Waals surface area contributed by atoms with Crippen LogP contribution in [0.15, 0.2) is 24.3 Å². The molecular formula is C14H21NO3. The summed E-state index contributed by atoms with van der Waals surface area (Å²) in [5.74, 6) is -0.367. The van der Waals surface area contributed by atoms with Crippen LogP contribution in [0.5, 0.6) is 0 Å². The van der Waals surface area contributed by atoms with Gasteiger partial charge in [-0.2, -0.15) is 0 Å². The number of carbonyl (C=O) groups excluding carboxylic acids is 1. The first-order valence-corrected chi connectivity index (χ1v) is 6.02. The maximum absolute atomic E-state index is 11.7. The molecular weight excluding hydrogens is 230 g/mol. The lowest BCUT2D eigenvalue weighted by Crippen LogP contribution is -2.39. The van der Waals surface area contributed by atoms with Gasteiger partial charge in [0.15, 0.2) is 0 Å². The fourth-order valence-electron chi connectivity index (χ4n) is 1.80. The van der Waals surface area contributed by atoms with Gasteiger partial charge in [0, 0.05) is 13.6 Å². The Morgan fingerprint density at radius 2 is 2.06 bits per heavy atom. The van der Waals surface area contributed by atoms with Crippen molar-refractivity contribution in [1.29, 1.82) is 0 Å². The molecule has 1 atom stereocenters. The molecule has 0 heterocycles. The van der Waals surface area contributed by atoms with Crippen LogP contribution in [-0.4, -0.2) is 37.4 Å². The van der Waals surface area contributed by atoms with Gasteiger partial charge in [-0.15, -0.1) is 0 Å². The number of rotatable bonds is 5. The van der Waals surface area contributed by atoms with Crippen LogP contribution in [0, 0.1) is 0 Å². The molecule has 100 valence electrons. The van der Waals surface area contributed by atoms with Gasteiger partial charge in [-0.25, -0.2) is 4.79 Å². The van der Waals surface area contributed by atoms with Crippen molar-refractivity contribution in [1.82, 2.24) is 0 Å². The Kier molecular flexibility index (Phi) is 4.73. The molecule has 0 aliphatic heterocycles. The Morgan fingerprint density at radius 1 is 1.44 bits per heavy atom. The van der Waals surface area contributed by atoms with E-state index in [-0.39, 0.29) is 5.97 Å². The number of methoxy groups -OCH3 is 1. The zero-order valence-corrected chi connectivity index (χ0v) is 11.4. The third kappa shape index (κ3) is 3.47. The smallest absolute Gasteiger partial charge is 0.339 e. The first-order chi connectivity index (χ1) is 8.41. The molecule has 4 nitrogen and oxygen atoms in total. The van der Waals surface area contributed by atoms with Crippen molar-refractivity contribution in [3.8, 4) is 0 Å². The highest BCUT2D eigenvalue weighted by Gasteiger charge is 2.22. The molecule has 1 aromatic carbocycles. The molecule has 0 aliphatic carbocycles. The van der Waals surface area contributed by atoms with E-state index in [9.17, 15) is 9.90 Å². The number of carbonyl (C=O) groups is 1. The Labute approximate surface area is 108 Å². The number of likely N-dealkylation sites (N-methyl/N-ethyl adjacent to an activating group) is 1. The van der Waals surface area contributed by atoms with Crippen molar-refractivity contribution in [3.05, 3.63) is 29.8 Å². The number of anilines is 1. The summed E-state index contributed by atoms with van der Waals surface area (Å²) in [6.45, 7) is 4.17. The minimum absolute atomic E-state index is 0.367. The summed E-state index contributed by atoms with van der Waals surface area (Å²) in [5.41, 5.74) is 0.491. The molecule has 1 rings (SSSR count). The van der Waals surface area contributed by atoms with Gasteiger partial charge in [0.25, 0.3) is 0 Å². The number of benzene rings is 1. The number of ether oxygens (including phenoxy) is 1. The summed E-state index contributed by atoms with van der Waals surface area (Å²) in [6.07, 6.45) is 0.651. The van der Waals surface area contributed by atoms with E-state index in [1.54, 1.807) is 19.1 Å². The molecule has 0 radical (unpaired) electrons. The second-order valence-corrected chi connectivity index (χ2v) is 4.72. The average molecular weight is 251 g/mol. The molecule has 0 saturated carbocycles. The first kappa shape index (κ1) is 14.5.